The van der Waals surface area contributed by atoms with Gasteiger partial charge in [-0.2, -0.15) is 5.10 Å². The number of aryl methyl sites for hydroxylation is 2. The number of nitro groups is 1. The van der Waals surface area contributed by atoms with Gasteiger partial charge in [-0.15, -0.1) is 0 Å². The quantitative estimate of drug-likeness (QED) is 0.470. The molecule has 1 heterocycles. The van der Waals surface area contributed by atoms with Gasteiger partial charge in [0.1, 0.15) is 11.4 Å². The molecule has 1 aromatic heterocycles. The van der Waals surface area contributed by atoms with Crippen LogP contribution in [0.25, 0.3) is 0 Å². The Morgan fingerprint density at radius 2 is 2.05 bits per heavy atom. The van der Waals surface area contributed by atoms with Gasteiger partial charge in [-0.25, -0.2) is 0 Å². The van der Waals surface area contributed by atoms with Gasteiger partial charge >= 0.3 is 5.69 Å². The summed E-state index contributed by atoms with van der Waals surface area (Å²) in [6, 6.07) is 0. The summed E-state index contributed by atoms with van der Waals surface area (Å²) in [6.07, 6.45) is 2.11. The smallest absolute Gasteiger partial charge is 0.265 e. The maximum atomic E-state index is 11.3. The molecule has 19 heavy (non-hydrogen) atoms. The summed E-state index contributed by atoms with van der Waals surface area (Å²) >= 11 is 3.64. The van der Waals surface area contributed by atoms with E-state index in [9.17, 15) is 10.1 Å². The van der Waals surface area contributed by atoms with Gasteiger partial charge in [0, 0.05) is 18.3 Å². The minimum Gasteiger partial charge on any atom is -0.265 e. The first-order valence-electron chi connectivity index (χ1n) is 6.51. The third-order valence-corrected chi connectivity index (χ3v) is 4.89. The van der Waals surface area contributed by atoms with E-state index < -0.39 is 0 Å². The molecule has 108 valence electrons. The van der Waals surface area contributed by atoms with Crippen molar-refractivity contribution in [3.63, 3.8) is 0 Å². The van der Waals surface area contributed by atoms with Crippen molar-refractivity contribution in [1.82, 2.24) is 9.78 Å². The fraction of sp³-hybridized carbons (Fsp3) is 0.769. The summed E-state index contributed by atoms with van der Waals surface area (Å²) in [5.41, 5.74) is 1.53. The number of aromatic nitrogens is 2. The van der Waals surface area contributed by atoms with Crippen LogP contribution >= 0.6 is 15.9 Å². The highest BCUT2D eigenvalue weighted by molar-refractivity contribution is 9.09. The molecule has 0 N–H and O–H groups in total. The van der Waals surface area contributed by atoms with E-state index in [2.05, 4.69) is 41.8 Å². The van der Waals surface area contributed by atoms with Crippen LogP contribution in [0.15, 0.2) is 0 Å². The zero-order valence-electron chi connectivity index (χ0n) is 12.2. The average molecular weight is 332 g/mol. The van der Waals surface area contributed by atoms with Crippen LogP contribution in [-0.4, -0.2) is 19.5 Å². The predicted octanol–water partition coefficient (Wildman–Crippen LogP) is 3.63. The van der Waals surface area contributed by atoms with Crippen LogP contribution in [0, 0.1) is 15.5 Å². The lowest BCUT2D eigenvalue weighted by Gasteiger charge is -2.25. The van der Waals surface area contributed by atoms with Gasteiger partial charge in [0.05, 0.1) is 4.92 Å². The molecular weight excluding hydrogens is 310 g/mol. The van der Waals surface area contributed by atoms with Crippen LogP contribution in [0.3, 0.4) is 0 Å². The van der Waals surface area contributed by atoms with Gasteiger partial charge in [0.2, 0.25) is 0 Å². The van der Waals surface area contributed by atoms with Crippen molar-refractivity contribution in [1.29, 1.82) is 0 Å². The van der Waals surface area contributed by atoms with Crippen LogP contribution in [0.4, 0.5) is 5.69 Å². The minimum atomic E-state index is -0.296. The van der Waals surface area contributed by atoms with Gasteiger partial charge in [-0.1, -0.05) is 50.0 Å². The molecule has 0 saturated carbocycles. The molecule has 0 aromatic carbocycles. The van der Waals surface area contributed by atoms with Gasteiger partial charge in [-0.05, 0) is 11.8 Å². The van der Waals surface area contributed by atoms with Crippen LogP contribution in [0.1, 0.15) is 45.5 Å². The van der Waals surface area contributed by atoms with Crippen molar-refractivity contribution in [2.45, 2.75) is 51.8 Å². The molecule has 1 rings (SSSR count). The fourth-order valence-electron chi connectivity index (χ4n) is 1.93. The Labute approximate surface area is 122 Å². The monoisotopic (exact) mass is 331 g/mol. The molecule has 5 nitrogen and oxygen atoms in total. The molecule has 0 aliphatic carbocycles. The number of halogens is 1. The Kier molecular flexibility index (Phi) is 5.12. The van der Waals surface area contributed by atoms with E-state index in [0.29, 0.717) is 24.2 Å². The van der Waals surface area contributed by atoms with E-state index >= 15 is 0 Å². The second-order valence-corrected chi connectivity index (χ2v) is 7.02. The van der Waals surface area contributed by atoms with E-state index in [1.165, 1.54) is 0 Å². The van der Waals surface area contributed by atoms with Crippen molar-refractivity contribution in [2.75, 3.05) is 0 Å². The number of hydrogen-bond donors (Lipinski definition) is 0. The third kappa shape index (κ3) is 3.78. The fourth-order valence-corrected chi connectivity index (χ4v) is 2.24. The summed E-state index contributed by atoms with van der Waals surface area (Å²) in [5.74, 6) is 0. The van der Waals surface area contributed by atoms with Crippen molar-refractivity contribution in [3.05, 3.63) is 21.5 Å². The number of rotatable bonds is 5. The second-order valence-electron chi connectivity index (χ2n) is 5.91. The first kappa shape index (κ1) is 16.1. The number of hydrogen-bond acceptors (Lipinski definition) is 3. The molecule has 1 atom stereocenters. The molecule has 0 fully saturated rings. The van der Waals surface area contributed by atoms with E-state index in [-0.39, 0.29) is 20.9 Å². The highest BCUT2D eigenvalue weighted by Crippen LogP contribution is 2.33. The standard InChI is InChI=1S/C13H22BrN3O2/c1-6-7-9-12(17(18)19)10(16(5)15-9)8-11(14)13(2,3)4/h11H,6-8H2,1-5H3. The maximum Gasteiger partial charge on any atom is 0.313 e. The first-order valence-corrected chi connectivity index (χ1v) is 7.43. The molecule has 0 spiro atoms. The van der Waals surface area contributed by atoms with Gasteiger partial charge in [0.25, 0.3) is 0 Å². The second kappa shape index (κ2) is 6.03. The van der Waals surface area contributed by atoms with E-state index in [1.807, 2.05) is 6.92 Å². The molecule has 0 amide bonds. The highest BCUT2D eigenvalue weighted by atomic mass is 79.9. The Bertz CT molecular complexity index is 463. The largest absolute Gasteiger partial charge is 0.313 e. The lowest BCUT2D eigenvalue weighted by atomic mass is 9.89. The summed E-state index contributed by atoms with van der Waals surface area (Å²) in [4.78, 5) is 11.2. The zero-order chi connectivity index (χ0) is 14.8. The molecule has 0 saturated heterocycles. The lowest BCUT2D eigenvalue weighted by Crippen LogP contribution is -2.23. The molecular formula is C13H22BrN3O2. The average Bonchev–Trinajstić information content (AvgIpc) is 2.54. The van der Waals surface area contributed by atoms with Gasteiger partial charge in [-0.3, -0.25) is 14.8 Å². The lowest BCUT2D eigenvalue weighted by molar-refractivity contribution is -0.386. The summed E-state index contributed by atoms with van der Waals surface area (Å²) in [5, 5.41) is 15.6. The van der Waals surface area contributed by atoms with Crippen LogP contribution in [0.2, 0.25) is 0 Å². The zero-order valence-corrected chi connectivity index (χ0v) is 13.8. The normalized spacial score (nSPS) is 13.6. The van der Waals surface area contributed by atoms with Gasteiger partial charge in [0.15, 0.2) is 0 Å². The van der Waals surface area contributed by atoms with E-state index in [1.54, 1.807) is 11.7 Å². The molecule has 1 unspecified atom stereocenters. The Morgan fingerprint density at radius 3 is 2.47 bits per heavy atom. The van der Waals surface area contributed by atoms with Crippen molar-refractivity contribution in [3.8, 4) is 0 Å². The van der Waals surface area contributed by atoms with Crippen molar-refractivity contribution in [2.24, 2.45) is 12.5 Å². The van der Waals surface area contributed by atoms with Gasteiger partial charge < -0.3 is 0 Å². The maximum absolute atomic E-state index is 11.3. The molecule has 0 aliphatic heterocycles. The third-order valence-electron chi connectivity index (χ3n) is 3.19. The molecule has 1 aromatic rings. The minimum absolute atomic E-state index is 0.0447. The van der Waals surface area contributed by atoms with Crippen LogP contribution < -0.4 is 0 Å². The highest BCUT2D eigenvalue weighted by Gasteiger charge is 2.30. The summed E-state index contributed by atoms with van der Waals surface area (Å²) < 4.78 is 1.66. The van der Waals surface area contributed by atoms with Crippen LogP contribution in [0.5, 0.6) is 0 Å². The number of nitrogens with zero attached hydrogens (tertiary/aromatic N) is 3. The van der Waals surface area contributed by atoms with Crippen molar-refractivity contribution >= 4 is 21.6 Å². The summed E-state index contributed by atoms with van der Waals surface area (Å²) in [7, 11) is 1.78. The van der Waals surface area contributed by atoms with Crippen molar-refractivity contribution < 1.29 is 4.92 Å². The summed E-state index contributed by atoms with van der Waals surface area (Å²) in [6.45, 7) is 8.34. The molecule has 0 bridgehead atoms. The topological polar surface area (TPSA) is 61.0 Å². The van der Waals surface area contributed by atoms with Crippen LogP contribution in [-0.2, 0) is 19.9 Å². The first-order chi connectivity index (χ1) is 8.68. The molecule has 0 aliphatic rings. The predicted molar refractivity (Wildman–Crippen MR) is 79.7 cm³/mol. The van der Waals surface area contributed by atoms with E-state index in [4.69, 9.17) is 0 Å². The Hall–Kier alpha value is -0.910. The Balaban J connectivity index is 3.16. The SMILES string of the molecule is CCCc1nn(C)c(CC(Br)C(C)(C)C)c1[N+](=O)[O-]. The molecule has 6 heteroatoms. The number of alkyl halides is 1. The Morgan fingerprint density at radius 1 is 1.47 bits per heavy atom. The van der Waals surface area contributed by atoms with E-state index in [0.717, 1.165) is 6.42 Å². The molecule has 0 radical (unpaired) electrons.